The molecule has 2 amide bonds. The lowest BCUT2D eigenvalue weighted by Crippen LogP contribution is -2.45. The van der Waals surface area contributed by atoms with Crippen LogP contribution in [0, 0.1) is 18.2 Å². The first-order valence-electron chi connectivity index (χ1n) is 12.8. The maximum absolute atomic E-state index is 13.8. The molecule has 1 N–H and O–H groups in total. The van der Waals surface area contributed by atoms with E-state index < -0.39 is 11.5 Å². The molecule has 1 heterocycles. The molecule has 5 nitrogen and oxygen atoms in total. The molecule has 1 aliphatic rings. The fourth-order valence-electron chi connectivity index (χ4n) is 4.67. The summed E-state index contributed by atoms with van der Waals surface area (Å²) in [5.41, 5.74) is 4.14. The van der Waals surface area contributed by atoms with Crippen molar-refractivity contribution in [3.63, 3.8) is 0 Å². The molecule has 0 saturated carbocycles. The van der Waals surface area contributed by atoms with Crippen molar-refractivity contribution in [3.05, 3.63) is 94.8 Å². The second-order valence-electron chi connectivity index (χ2n) is 10.7. The van der Waals surface area contributed by atoms with E-state index in [9.17, 15) is 14.0 Å². The molecule has 0 spiro atoms. The van der Waals surface area contributed by atoms with Gasteiger partial charge in [0.2, 0.25) is 5.91 Å². The van der Waals surface area contributed by atoms with Gasteiger partial charge in [-0.3, -0.25) is 9.59 Å². The second-order valence-corrected chi connectivity index (χ2v) is 10.7. The first-order valence-corrected chi connectivity index (χ1v) is 12.8. The van der Waals surface area contributed by atoms with Gasteiger partial charge in [0, 0.05) is 17.6 Å². The molecular weight excluding hydrogens is 467 g/mol. The number of amides is 2. The molecular formula is C31H35FN2O3. The monoisotopic (exact) mass is 502 g/mol. The summed E-state index contributed by atoms with van der Waals surface area (Å²) in [5.74, 6) is 0.0455. The zero-order valence-electron chi connectivity index (χ0n) is 22.2. The largest absolute Gasteiger partial charge is 0.481 e. The zero-order chi connectivity index (χ0) is 26.7. The average Bonchev–Trinajstić information content (AvgIpc) is 2.87. The summed E-state index contributed by atoms with van der Waals surface area (Å²) < 4.78 is 19.9. The molecule has 37 heavy (non-hydrogen) atoms. The Balaban J connectivity index is 1.65. The molecule has 3 aromatic rings. The molecule has 0 aromatic heterocycles. The van der Waals surface area contributed by atoms with Gasteiger partial charge in [0.1, 0.15) is 11.6 Å². The number of benzene rings is 3. The summed E-state index contributed by atoms with van der Waals surface area (Å²) in [6, 6.07) is 19.4. The molecule has 6 heteroatoms. The first kappa shape index (κ1) is 26.4. The second kappa shape index (κ2) is 10.8. The van der Waals surface area contributed by atoms with Crippen molar-refractivity contribution in [2.75, 3.05) is 11.9 Å². The Labute approximate surface area is 218 Å². The van der Waals surface area contributed by atoms with E-state index >= 15 is 0 Å². The predicted molar refractivity (Wildman–Crippen MR) is 144 cm³/mol. The number of hydrogen-bond acceptors (Lipinski definition) is 3. The highest BCUT2D eigenvalue weighted by Gasteiger charge is 2.37. The van der Waals surface area contributed by atoms with Crippen molar-refractivity contribution in [2.45, 2.75) is 59.6 Å². The van der Waals surface area contributed by atoms with E-state index in [0.29, 0.717) is 25.1 Å². The lowest BCUT2D eigenvalue weighted by Gasteiger charge is -2.41. The Morgan fingerprint density at radius 2 is 1.73 bits per heavy atom. The van der Waals surface area contributed by atoms with Gasteiger partial charge in [0.15, 0.2) is 6.10 Å². The summed E-state index contributed by atoms with van der Waals surface area (Å²) in [5, 5.41) is 2.93. The molecule has 0 radical (unpaired) electrons. The van der Waals surface area contributed by atoms with Crippen molar-refractivity contribution in [2.24, 2.45) is 5.41 Å². The number of nitrogens with zero attached hydrogens (tertiary/aromatic N) is 1. The van der Waals surface area contributed by atoms with Crippen LogP contribution >= 0.6 is 0 Å². The fourth-order valence-corrected chi connectivity index (χ4v) is 4.67. The van der Waals surface area contributed by atoms with Crippen LogP contribution in [-0.2, 0) is 16.0 Å². The van der Waals surface area contributed by atoms with Gasteiger partial charge >= 0.3 is 0 Å². The minimum absolute atomic E-state index is 0.0303. The number of ether oxygens (including phenoxy) is 1. The molecule has 0 fully saturated rings. The number of hydrogen-bond donors (Lipinski definition) is 1. The summed E-state index contributed by atoms with van der Waals surface area (Å²) in [7, 11) is 0. The molecule has 0 aliphatic carbocycles. The minimum atomic E-state index is -0.681. The van der Waals surface area contributed by atoms with E-state index in [0.717, 1.165) is 27.9 Å². The molecule has 0 bridgehead atoms. The first-order chi connectivity index (χ1) is 17.6. The number of nitrogens with one attached hydrogen (secondary N) is 1. The van der Waals surface area contributed by atoms with Gasteiger partial charge < -0.3 is 15.0 Å². The van der Waals surface area contributed by atoms with E-state index in [1.807, 2.05) is 82.0 Å². The summed E-state index contributed by atoms with van der Waals surface area (Å²) >= 11 is 0. The van der Waals surface area contributed by atoms with E-state index in [4.69, 9.17) is 4.74 Å². The van der Waals surface area contributed by atoms with Gasteiger partial charge in [-0.05, 0) is 72.9 Å². The summed E-state index contributed by atoms with van der Waals surface area (Å²) in [4.78, 5) is 28.3. The van der Waals surface area contributed by atoms with Gasteiger partial charge in [-0.2, -0.15) is 0 Å². The Bertz CT molecular complexity index is 1260. The van der Waals surface area contributed by atoms with Crippen LogP contribution in [0.15, 0.2) is 66.7 Å². The lowest BCUT2D eigenvalue weighted by atomic mass is 9.85. The van der Waals surface area contributed by atoms with Crippen molar-refractivity contribution in [3.8, 4) is 5.75 Å². The molecule has 194 valence electrons. The maximum Gasteiger partial charge on any atom is 0.265 e. The quantitative estimate of drug-likeness (QED) is 0.421. The smallest absolute Gasteiger partial charge is 0.265 e. The third kappa shape index (κ3) is 6.01. The molecule has 0 saturated heterocycles. The van der Waals surface area contributed by atoms with E-state index in [-0.39, 0.29) is 23.7 Å². The third-order valence-corrected chi connectivity index (χ3v) is 6.69. The van der Waals surface area contributed by atoms with Crippen LogP contribution in [0.5, 0.6) is 5.75 Å². The number of anilines is 1. The van der Waals surface area contributed by atoms with Gasteiger partial charge in [-0.1, -0.05) is 63.6 Å². The van der Waals surface area contributed by atoms with Gasteiger partial charge in [0.25, 0.3) is 5.91 Å². The summed E-state index contributed by atoms with van der Waals surface area (Å²) in [6.45, 7) is 10.2. The molecule has 2 atom stereocenters. The van der Waals surface area contributed by atoms with E-state index in [1.165, 1.54) is 12.1 Å². The number of fused-ring (bicyclic) bond motifs is 1. The predicted octanol–water partition coefficient (Wildman–Crippen LogP) is 6.45. The van der Waals surface area contributed by atoms with E-state index in [2.05, 4.69) is 5.32 Å². The highest BCUT2D eigenvalue weighted by Crippen LogP contribution is 2.39. The minimum Gasteiger partial charge on any atom is -0.481 e. The van der Waals surface area contributed by atoms with Crippen LogP contribution in [0.25, 0.3) is 0 Å². The van der Waals surface area contributed by atoms with Crippen LogP contribution in [-0.4, -0.2) is 29.4 Å². The van der Waals surface area contributed by atoms with Crippen molar-refractivity contribution >= 4 is 17.5 Å². The van der Waals surface area contributed by atoms with Crippen LogP contribution in [0.3, 0.4) is 0 Å². The van der Waals surface area contributed by atoms with Crippen LogP contribution in [0.2, 0.25) is 0 Å². The lowest BCUT2D eigenvalue weighted by molar-refractivity contribution is -0.141. The number of carbonyl (C=O) groups is 2. The molecule has 0 unspecified atom stereocenters. The number of rotatable bonds is 6. The van der Waals surface area contributed by atoms with Crippen molar-refractivity contribution < 1.29 is 18.7 Å². The van der Waals surface area contributed by atoms with Gasteiger partial charge in [0.05, 0.1) is 6.04 Å². The van der Waals surface area contributed by atoms with Crippen LogP contribution in [0.4, 0.5) is 10.1 Å². The molecule has 4 rings (SSSR count). The number of aryl methyl sites for hydroxylation is 1. The van der Waals surface area contributed by atoms with E-state index in [1.54, 1.807) is 12.1 Å². The van der Waals surface area contributed by atoms with Crippen molar-refractivity contribution in [1.29, 1.82) is 0 Å². The molecule has 1 aliphatic heterocycles. The summed E-state index contributed by atoms with van der Waals surface area (Å²) in [6.07, 6.45) is 0.518. The van der Waals surface area contributed by atoms with Crippen LogP contribution in [0.1, 0.15) is 62.4 Å². The zero-order valence-corrected chi connectivity index (χ0v) is 22.2. The van der Waals surface area contributed by atoms with Crippen LogP contribution < -0.4 is 10.1 Å². The molecule has 3 aromatic carbocycles. The number of carbonyl (C=O) groups excluding carboxylic acids is 2. The van der Waals surface area contributed by atoms with Gasteiger partial charge in [-0.15, -0.1) is 0 Å². The standard InChI is InChI=1S/C31H35FN2O3/c1-6-27(29(35)33-24-14-7-20(2)8-15-24)37-25-16-11-21-17-18-34(30(36)31(3,4)5)28(26(21)19-25)22-9-12-23(32)13-10-22/h7-16,19,27-28H,6,17-18H2,1-5H3,(H,33,35)/t27-,28-/m0/s1. The Morgan fingerprint density at radius 1 is 1.05 bits per heavy atom. The average molecular weight is 503 g/mol. The SMILES string of the molecule is CC[C@H](Oc1ccc2c(c1)[C@H](c1ccc(F)cc1)N(C(=O)C(C)(C)C)CC2)C(=O)Nc1ccc(C)cc1. The Hall–Kier alpha value is -3.67. The Morgan fingerprint density at radius 3 is 2.35 bits per heavy atom. The Kier molecular flexibility index (Phi) is 7.67. The topological polar surface area (TPSA) is 58.6 Å². The fraction of sp³-hybridized carbons (Fsp3) is 0.355. The highest BCUT2D eigenvalue weighted by molar-refractivity contribution is 5.94. The normalized spacial score (nSPS) is 16.1. The van der Waals surface area contributed by atoms with Gasteiger partial charge in [-0.25, -0.2) is 4.39 Å². The maximum atomic E-state index is 13.8. The third-order valence-electron chi connectivity index (χ3n) is 6.69. The van der Waals surface area contributed by atoms with Crippen molar-refractivity contribution in [1.82, 2.24) is 4.90 Å². The highest BCUT2D eigenvalue weighted by atomic mass is 19.1. The number of halogens is 1.